The number of aromatic nitrogens is 2. The monoisotopic (exact) mass is 614 g/mol. The van der Waals surface area contributed by atoms with Gasteiger partial charge in [0.1, 0.15) is 23.9 Å². The Hall–Kier alpha value is -4.67. The summed E-state index contributed by atoms with van der Waals surface area (Å²) < 4.78 is 7.65. The Morgan fingerprint density at radius 2 is 1.84 bits per heavy atom. The lowest BCUT2D eigenvalue weighted by Crippen LogP contribution is -2.57. The number of nitrogens with zero attached hydrogens (tertiary/aromatic N) is 3. The molecule has 3 aromatic rings. The van der Waals surface area contributed by atoms with E-state index < -0.39 is 29.9 Å². The van der Waals surface area contributed by atoms with E-state index in [0.717, 1.165) is 16.7 Å². The van der Waals surface area contributed by atoms with Crippen LogP contribution in [0.15, 0.2) is 67.0 Å². The summed E-state index contributed by atoms with van der Waals surface area (Å²) in [4.78, 5) is 55.7. The third-order valence-corrected chi connectivity index (χ3v) is 8.33. The van der Waals surface area contributed by atoms with Crippen molar-refractivity contribution < 1.29 is 23.9 Å². The molecule has 5 rings (SSSR count). The lowest BCUT2D eigenvalue weighted by atomic mass is 10.0. The molecule has 0 saturated carbocycles. The van der Waals surface area contributed by atoms with Crippen molar-refractivity contribution in [2.45, 2.75) is 76.0 Å². The zero-order chi connectivity index (χ0) is 31.6. The molecule has 0 unspecified atom stereocenters. The highest BCUT2D eigenvalue weighted by Crippen LogP contribution is 2.21. The Kier molecular flexibility index (Phi) is 10.8. The minimum absolute atomic E-state index is 0.0763. The normalized spacial score (nSPS) is 21.5. The lowest BCUT2D eigenvalue weighted by Gasteiger charge is -2.30. The number of hydrogen-bond acceptors (Lipinski definition) is 6. The summed E-state index contributed by atoms with van der Waals surface area (Å²) in [6.07, 6.45) is 7.47. The van der Waals surface area contributed by atoms with Crippen LogP contribution in [0.25, 0.3) is 0 Å². The molecule has 2 bridgehead atoms. The van der Waals surface area contributed by atoms with Crippen LogP contribution in [0.4, 0.5) is 0 Å². The molecule has 0 spiro atoms. The summed E-state index contributed by atoms with van der Waals surface area (Å²) in [5.74, 6) is -0.526. The van der Waals surface area contributed by atoms with Crippen LogP contribution in [-0.4, -0.2) is 69.6 Å². The summed E-state index contributed by atoms with van der Waals surface area (Å²) in [5.41, 5.74) is 2.74. The molecule has 0 radical (unpaired) electrons. The van der Waals surface area contributed by atoms with Gasteiger partial charge < -0.3 is 25.6 Å². The third kappa shape index (κ3) is 8.93. The average molecular weight is 615 g/mol. The summed E-state index contributed by atoms with van der Waals surface area (Å²) >= 11 is 0. The Balaban J connectivity index is 1.40. The number of rotatable bonds is 7. The number of carbonyl (C=O) groups is 4. The number of likely N-dealkylation sites (tertiary alicyclic amines) is 1. The number of benzene rings is 2. The van der Waals surface area contributed by atoms with Gasteiger partial charge in [0, 0.05) is 44.7 Å². The van der Waals surface area contributed by atoms with Crippen molar-refractivity contribution in [3.8, 4) is 5.75 Å². The molecule has 2 aromatic carbocycles. The van der Waals surface area contributed by atoms with Crippen molar-refractivity contribution in [1.82, 2.24) is 30.6 Å². The molecule has 238 valence electrons. The molecule has 4 amide bonds. The maximum atomic E-state index is 14.0. The zero-order valence-corrected chi connectivity index (χ0v) is 25.7. The third-order valence-electron chi connectivity index (χ3n) is 8.33. The molecule has 2 aliphatic heterocycles. The summed E-state index contributed by atoms with van der Waals surface area (Å²) in [6.45, 7) is 1.20. The number of aryl methyl sites for hydroxylation is 2. The van der Waals surface area contributed by atoms with Gasteiger partial charge in [0.25, 0.3) is 0 Å². The molecule has 0 aliphatic carbocycles. The van der Waals surface area contributed by atoms with Gasteiger partial charge in [0.05, 0.1) is 12.8 Å². The molecular weight excluding hydrogens is 572 g/mol. The quantitative estimate of drug-likeness (QED) is 0.374. The van der Waals surface area contributed by atoms with E-state index in [1.165, 1.54) is 0 Å². The maximum absolute atomic E-state index is 14.0. The van der Waals surface area contributed by atoms with Crippen LogP contribution in [-0.2, 0) is 45.6 Å². The number of ether oxygens (including phenoxy) is 1. The standard InChI is InChI=1S/C34H42N6O5/c1-39-23-26(22-36-39)21-35-32(42)28-13-5-6-18-45-27-12-7-11-25(19-27)20-30(40-17-8-14-31(40)41)34(44)38-29(33(43)37-28)16-15-24-9-3-2-4-10-24/h2-4,7,9-12,19,22-23,28-30H,5-6,8,13-18,20-21H2,1H3,(H,35,42)(H,37,43)(H,38,44)/t28-,29+,30+/m1/s1. The van der Waals surface area contributed by atoms with E-state index in [2.05, 4.69) is 21.0 Å². The van der Waals surface area contributed by atoms with E-state index in [0.29, 0.717) is 70.3 Å². The van der Waals surface area contributed by atoms with Gasteiger partial charge in [0.15, 0.2) is 0 Å². The van der Waals surface area contributed by atoms with E-state index in [9.17, 15) is 19.2 Å². The van der Waals surface area contributed by atoms with Gasteiger partial charge >= 0.3 is 0 Å². The lowest BCUT2D eigenvalue weighted by molar-refractivity contribution is -0.139. The zero-order valence-electron chi connectivity index (χ0n) is 25.7. The van der Waals surface area contributed by atoms with Gasteiger partial charge in [-0.2, -0.15) is 5.10 Å². The van der Waals surface area contributed by atoms with E-state index in [1.54, 1.807) is 22.8 Å². The molecule has 11 nitrogen and oxygen atoms in total. The molecule has 11 heteroatoms. The van der Waals surface area contributed by atoms with E-state index in [-0.39, 0.29) is 18.4 Å². The molecule has 3 heterocycles. The van der Waals surface area contributed by atoms with Crippen molar-refractivity contribution in [2.24, 2.45) is 7.05 Å². The first-order valence-electron chi connectivity index (χ1n) is 15.8. The summed E-state index contributed by atoms with van der Waals surface area (Å²) in [6, 6.07) is 14.8. The van der Waals surface area contributed by atoms with Crippen LogP contribution in [0.5, 0.6) is 5.75 Å². The second-order valence-corrected chi connectivity index (χ2v) is 11.8. The SMILES string of the molecule is Cn1cc(CNC(=O)[C@H]2CCCCOc3cccc(c3)C[C@H](N3CCCC3=O)C(=O)N[C@@H](CCc3ccccc3)C(=O)N2)cn1. The second-order valence-electron chi connectivity index (χ2n) is 11.8. The van der Waals surface area contributed by atoms with Gasteiger partial charge in [-0.25, -0.2) is 0 Å². The average Bonchev–Trinajstić information content (AvgIpc) is 3.67. The van der Waals surface area contributed by atoms with E-state index in [4.69, 9.17) is 4.74 Å². The Labute approximate surface area is 263 Å². The molecule has 45 heavy (non-hydrogen) atoms. The van der Waals surface area contributed by atoms with Crippen LogP contribution in [0.1, 0.15) is 55.2 Å². The molecule has 3 N–H and O–H groups in total. The Bertz CT molecular complexity index is 1470. The number of fused-ring (bicyclic) bond motifs is 2. The van der Waals surface area contributed by atoms with Gasteiger partial charge in [-0.05, 0) is 61.8 Å². The topological polar surface area (TPSA) is 135 Å². The van der Waals surface area contributed by atoms with E-state index in [1.807, 2.05) is 60.8 Å². The van der Waals surface area contributed by atoms with Gasteiger partial charge in [-0.1, -0.05) is 42.5 Å². The van der Waals surface area contributed by atoms with Crippen molar-refractivity contribution >= 4 is 23.6 Å². The summed E-state index contributed by atoms with van der Waals surface area (Å²) in [5, 5.41) is 13.0. The molecule has 1 fully saturated rings. The predicted octanol–water partition coefficient (Wildman–Crippen LogP) is 2.44. The van der Waals surface area contributed by atoms with Crippen molar-refractivity contribution in [3.05, 3.63) is 83.7 Å². The largest absolute Gasteiger partial charge is 0.494 e. The number of hydrogen-bond donors (Lipinski definition) is 3. The first-order chi connectivity index (χ1) is 21.9. The molecule has 3 atom stereocenters. The van der Waals surface area contributed by atoms with Crippen LogP contribution in [0.2, 0.25) is 0 Å². The highest BCUT2D eigenvalue weighted by Gasteiger charge is 2.35. The Morgan fingerprint density at radius 3 is 2.60 bits per heavy atom. The molecule has 2 aliphatic rings. The van der Waals surface area contributed by atoms with Gasteiger partial charge in [-0.3, -0.25) is 23.9 Å². The predicted molar refractivity (Wildman–Crippen MR) is 168 cm³/mol. The van der Waals surface area contributed by atoms with E-state index >= 15 is 0 Å². The van der Waals surface area contributed by atoms with Crippen LogP contribution in [0, 0.1) is 0 Å². The van der Waals surface area contributed by atoms with Crippen LogP contribution in [0.3, 0.4) is 0 Å². The van der Waals surface area contributed by atoms with Crippen molar-refractivity contribution in [2.75, 3.05) is 13.2 Å². The first-order valence-corrected chi connectivity index (χ1v) is 15.8. The maximum Gasteiger partial charge on any atom is 0.243 e. The minimum Gasteiger partial charge on any atom is -0.494 e. The van der Waals surface area contributed by atoms with Crippen LogP contribution >= 0.6 is 0 Å². The van der Waals surface area contributed by atoms with Crippen molar-refractivity contribution in [3.63, 3.8) is 0 Å². The minimum atomic E-state index is -0.908. The fourth-order valence-corrected chi connectivity index (χ4v) is 5.88. The van der Waals surface area contributed by atoms with Gasteiger partial charge in [-0.15, -0.1) is 0 Å². The van der Waals surface area contributed by atoms with Crippen molar-refractivity contribution in [1.29, 1.82) is 0 Å². The fourth-order valence-electron chi connectivity index (χ4n) is 5.88. The highest BCUT2D eigenvalue weighted by molar-refractivity contribution is 5.94. The van der Waals surface area contributed by atoms with Gasteiger partial charge in [0.2, 0.25) is 23.6 Å². The molecule has 1 saturated heterocycles. The number of nitrogens with one attached hydrogen (secondary N) is 3. The number of carbonyl (C=O) groups excluding carboxylic acids is 4. The fraction of sp³-hybridized carbons (Fsp3) is 0.441. The summed E-state index contributed by atoms with van der Waals surface area (Å²) in [7, 11) is 1.81. The number of amides is 4. The molecular formula is C34H42N6O5. The van der Waals surface area contributed by atoms with Crippen LogP contribution < -0.4 is 20.7 Å². The first kappa shape index (κ1) is 31.7. The Morgan fingerprint density at radius 1 is 1.00 bits per heavy atom. The highest BCUT2D eigenvalue weighted by atomic mass is 16.5. The second kappa shape index (κ2) is 15.4. The molecule has 1 aromatic heterocycles. The smallest absolute Gasteiger partial charge is 0.243 e.